The van der Waals surface area contributed by atoms with Crippen LogP contribution in [0.15, 0.2) is 0 Å². The Bertz CT molecular complexity index is 126. The van der Waals surface area contributed by atoms with E-state index in [0.29, 0.717) is 0 Å². The van der Waals surface area contributed by atoms with E-state index in [1.807, 2.05) is 0 Å². The van der Waals surface area contributed by atoms with E-state index in [4.69, 9.17) is 4.74 Å². The smallest absolute Gasteiger partial charge is 0.0466 e. The summed E-state index contributed by atoms with van der Waals surface area (Å²) in [7, 11) is 0. The summed E-state index contributed by atoms with van der Waals surface area (Å²) in [6, 6.07) is 0. The molecule has 0 heterocycles. The molecule has 0 bridgehead atoms. The lowest BCUT2D eigenvalue weighted by Gasteiger charge is -2.13. The fourth-order valence-electron chi connectivity index (χ4n) is 2.44. The van der Waals surface area contributed by atoms with Crippen LogP contribution in [0, 0.1) is 11.8 Å². The Morgan fingerprint density at radius 3 is 1.28 bits per heavy atom. The average molecular weight is 279 g/mol. The molecule has 0 spiro atoms. The van der Waals surface area contributed by atoms with Crippen LogP contribution >= 0.6 is 12.4 Å². The molecule has 2 heteroatoms. The van der Waals surface area contributed by atoms with Gasteiger partial charge in [-0.1, -0.05) is 53.4 Å². The predicted octanol–water partition coefficient (Wildman–Crippen LogP) is 5.86. The summed E-state index contributed by atoms with van der Waals surface area (Å²) in [5.41, 5.74) is 0. The quantitative estimate of drug-likeness (QED) is 0.406. The normalized spacial score (nSPS) is 11.0. The molecule has 0 rings (SSSR count). The van der Waals surface area contributed by atoms with Crippen molar-refractivity contribution < 1.29 is 4.74 Å². The molecule has 112 valence electrons. The molecule has 0 aliphatic rings. The molecule has 0 unspecified atom stereocenters. The lowest BCUT2D eigenvalue weighted by atomic mass is 9.98. The third-order valence-electron chi connectivity index (χ3n) is 4.11. The van der Waals surface area contributed by atoms with Gasteiger partial charge in [-0.05, 0) is 37.5 Å². The van der Waals surface area contributed by atoms with Gasteiger partial charge in [0.05, 0.1) is 0 Å². The van der Waals surface area contributed by atoms with Gasteiger partial charge >= 0.3 is 0 Å². The van der Waals surface area contributed by atoms with E-state index >= 15 is 0 Å². The van der Waals surface area contributed by atoms with Crippen molar-refractivity contribution >= 4 is 12.4 Å². The van der Waals surface area contributed by atoms with Crippen LogP contribution in [0.2, 0.25) is 0 Å². The largest absolute Gasteiger partial charge is 0.381 e. The first-order valence-corrected chi connectivity index (χ1v) is 7.86. The second-order valence-corrected chi connectivity index (χ2v) is 5.26. The molecule has 0 fully saturated rings. The molecular weight excluding hydrogens is 244 g/mol. The zero-order chi connectivity index (χ0) is 12.9. The van der Waals surface area contributed by atoms with Crippen LogP contribution in [0.25, 0.3) is 0 Å². The number of rotatable bonds is 12. The van der Waals surface area contributed by atoms with Gasteiger partial charge in [0.25, 0.3) is 0 Å². The van der Waals surface area contributed by atoms with Crippen molar-refractivity contribution in [2.75, 3.05) is 13.2 Å². The van der Waals surface area contributed by atoms with Crippen molar-refractivity contribution in [3.05, 3.63) is 0 Å². The number of hydrogen-bond donors (Lipinski definition) is 0. The highest BCUT2D eigenvalue weighted by Crippen LogP contribution is 2.16. The molecule has 0 saturated carbocycles. The van der Waals surface area contributed by atoms with Crippen molar-refractivity contribution in [3.8, 4) is 0 Å². The van der Waals surface area contributed by atoms with Crippen LogP contribution < -0.4 is 0 Å². The van der Waals surface area contributed by atoms with Gasteiger partial charge in [0, 0.05) is 13.2 Å². The first-order valence-electron chi connectivity index (χ1n) is 7.86. The Morgan fingerprint density at radius 2 is 1.00 bits per heavy atom. The Hall–Kier alpha value is 0.250. The molecule has 0 amide bonds. The average Bonchev–Trinajstić information content (AvgIpc) is 2.37. The van der Waals surface area contributed by atoms with E-state index in [1.165, 1.54) is 51.4 Å². The van der Waals surface area contributed by atoms with Crippen LogP contribution in [0.4, 0.5) is 0 Å². The fraction of sp³-hybridized carbons (Fsp3) is 1.00. The molecule has 0 aliphatic carbocycles. The minimum Gasteiger partial charge on any atom is -0.381 e. The summed E-state index contributed by atoms with van der Waals surface area (Å²) >= 11 is 0. The maximum absolute atomic E-state index is 5.71. The summed E-state index contributed by atoms with van der Waals surface area (Å²) in [5, 5.41) is 0. The van der Waals surface area contributed by atoms with Gasteiger partial charge in [0.1, 0.15) is 0 Å². The van der Waals surface area contributed by atoms with Crippen LogP contribution in [-0.2, 0) is 4.74 Å². The summed E-state index contributed by atoms with van der Waals surface area (Å²) in [6.07, 6.45) is 10.5. The summed E-state index contributed by atoms with van der Waals surface area (Å²) in [5.74, 6) is 1.84. The van der Waals surface area contributed by atoms with Gasteiger partial charge in [-0.15, -0.1) is 12.4 Å². The molecule has 0 atom stereocenters. The maximum Gasteiger partial charge on any atom is 0.0466 e. The summed E-state index contributed by atoms with van der Waals surface area (Å²) in [4.78, 5) is 0. The number of hydrogen-bond acceptors (Lipinski definition) is 1. The number of halogens is 1. The van der Waals surface area contributed by atoms with Gasteiger partial charge < -0.3 is 4.74 Å². The molecule has 18 heavy (non-hydrogen) atoms. The zero-order valence-corrected chi connectivity index (χ0v) is 13.9. The Labute approximate surface area is 121 Å². The minimum atomic E-state index is 0. The molecule has 0 aromatic carbocycles. The van der Waals surface area contributed by atoms with E-state index in [0.717, 1.165) is 25.0 Å². The van der Waals surface area contributed by atoms with Gasteiger partial charge in [0.2, 0.25) is 0 Å². The van der Waals surface area contributed by atoms with Gasteiger partial charge in [-0.3, -0.25) is 0 Å². The van der Waals surface area contributed by atoms with Gasteiger partial charge in [-0.2, -0.15) is 0 Å². The molecule has 0 aromatic rings. The third kappa shape index (κ3) is 11.3. The SMILES string of the molecule is CCC(CC)CCCOCCCC(CC)CC.Cl. The van der Waals surface area contributed by atoms with E-state index in [9.17, 15) is 0 Å². The van der Waals surface area contributed by atoms with Gasteiger partial charge in [-0.25, -0.2) is 0 Å². The Morgan fingerprint density at radius 1 is 0.667 bits per heavy atom. The molecule has 1 nitrogen and oxygen atoms in total. The lowest BCUT2D eigenvalue weighted by molar-refractivity contribution is 0.119. The zero-order valence-electron chi connectivity index (χ0n) is 13.0. The molecule has 0 saturated heterocycles. The number of ether oxygens (including phenoxy) is 1. The topological polar surface area (TPSA) is 9.23 Å². The van der Waals surface area contributed by atoms with E-state index in [2.05, 4.69) is 27.7 Å². The standard InChI is InChI=1S/C16H34O.ClH/c1-5-15(6-2)11-9-13-17-14-10-12-16(7-3)8-4;/h15-16H,5-14H2,1-4H3;1H. The highest BCUT2D eigenvalue weighted by Gasteiger charge is 2.04. The van der Waals surface area contributed by atoms with Crippen molar-refractivity contribution in [2.45, 2.75) is 79.1 Å². The molecule has 0 aromatic heterocycles. The second kappa shape index (κ2) is 15.3. The molecule has 0 aliphatic heterocycles. The van der Waals surface area contributed by atoms with Crippen molar-refractivity contribution in [1.29, 1.82) is 0 Å². The Balaban J connectivity index is 0. The van der Waals surface area contributed by atoms with Crippen LogP contribution in [-0.4, -0.2) is 13.2 Å². The first kappa shape index (κ1) is 20.6. The fourth-order valence-corrected chi connectivity index (χ4v) is 2.44. The van der Waals surface area contributed by atoms with Crippen LogP contribution in [0.5, 0.6) is 0 Å². The maximum atomic E-state index is 5.71. The van der Waals surface area contributed by atoms with Crippen LogP contribution in [0.1, 0.15) is 79.1 Å². The first-order chi connectivity index (χ1) is 8.28. The van der Waals surface area contributed by atoms with Crippen molar-refractivity contribution in [2.24, 2.45) is 11.8 Å². The highest BCUT2D eigenvalue weighted by molar-refractivity contribution is 5.85. The van der Waals surface area contributed by atoms with E-state index in [-0.39, 0.29) is 12.4 Å². The van der Waals surface area contributed by atoms with Crippen molar-refractivity contribution in [1.82, 2.24) is 0 Å². The second-order valence-electron chi connectivity index (χ2n) is 5.26. The molecule has 0 N–H and O–H groups in total. The van der Waals surface area contributed by atoms with Gasteiger partial charge in [0.15, 0.2) is 0 Å². The summed E-state index contributed by atoms with van der Waals surface area (Å²) < 4.78 is 5.71. The Kier molecular flexibility index (Phi) is 17.5. The highest BCUT2D eigenvalue weighted by atomic mass is 35.5. The molecular formula is C16H35ClO. The molecule has 0 radical (unpaired) electrons. The lowest BCUT2D eigenvalue weighted by Crippen LogP contribution is -2.04. The van der Waals surface area contributed by atoms with E-state index < -0.39 is 0 Å². The summed E-state index contributed by atoms with van der Waals surface area (Å²) in [6.45, 7) is 11.1. The van der Waals surface area contributed by atoms with E-state index in [1.54, 1.807) is 0 Å². The minimum absolute atomic E-state index is 0. The van der Waals surface area contributed by atoms with Crippen molar-refractivity contribution in [3.63, 3.8) is 0 Å². The monoisotopic (exact) mass is 278 g/mol. The predicted molar refractivity (Wildman–Crippen MR) is 84.7 cm³/mol. The third-order valence-corrected chi connectivity index (χ3v) is 4.11. The van der Waals surface area contributed by atoms with Crippen LogP contribution in [0.3, 0.4) is 0 Å².